The number of carbonyl (C=O) groups excluding carboxylic acids is 1. The molecule has 0 heterocycles. The molecule has 0 fully saturated rings. The monoisotopic (exact) mass is 531 g/mol. The van der Waals surface area contributed by atoms with Crippen molar-refractivity contribution >= 4 is 19.4 Å². The summed E-state index contributed by atoms with van der Waals surface area (Å²) in [6, 6.07) is 4.52. The fourth-order valence-electron chi connectivity index (χ4n) is 3.09. The summed E-state index contributed by atoms with van der Waals surface area (Å²) in [5.74, 6) is 0.601. The molecule has 4 nitrogen and oxygen atoms in total. The Morgan fingerprint density at radius 2 is 1.19 bits per heavy atom. The van der Waals surface area contributed by atoms with Crippen molar-refractivity contribution in [1.29, 1.82) is 0 Å². The van der Waals surface area contributed by atoms with E-state index in [9.17, 15) is 31.1 Å². The summed E-state index contributed by atoms with van der Waals surface area (Å²) in [6.07, 6.45) is -8.45. The number of hydrogen-bond acceptors (Lipinski definition) is 4. The zero-order chi connectivity index (χ0) is 26.2. The van der Waals surface area contributed by atoms with Gasteiger partial charge in [0.2, 0.25) is 0 Å². The van der Waals surface area contributed by atoms with Crippen molar-refractivity contribution in [3.63, 3.8) is 0 Å². The molecule has 2 aromatic carbocycles. The third kappa shape index (κ3) is 8.60. The van der Waals surface area contributed by atoms with Crippen LogP contribution in [0.2, 0.25) is 0 Å². The van der Waals surface area contributed by atoms with E-state index >= 15 is 0 Å². The maximum Gasteiger partial charge on any atom is 1.00 e. The Kier molecular flexibility index (Phi) is 12.6. The summed E-state index contributed by atoms with van der Waals surface area (Å²) in [6.45, 7) is 6.34. The predicted octanol–water partition coefficient (Wildman–Crippen LogP) is 4.24. The molecule has 2 aromatic rings. The van der Waals surface area contributed by atoms with E-state index < -0.39 is 43.1 Å². The maximum atomic E-state index is 13.6. The van der Waals surface area contributed by atoms with Crippen LogP contribution in [0.5, 0.6) is 17.2 Å². The predicted molar refractivity (Wildman–Crippen MR) is 123 cm³/mol. The molecular weight excluding hydrogens is 504 g/mol. The minimum Gasteiger partial charge on any atom is -0.493 e. The van der Waals surface area contributed by atoms with Gasteiger partial charge in [0.1, 0.15) is 17.2 Å². The SMILES string of the molecule is CCCOc1cc(OCCC)c(PC(=O)c2c(C(F)(F)F)cccc2C(F)(F)F)c(OCCC)c1.[Li+]. The van der Waals surface area contributed by atoms with Crippen LogP contribution in [0.15, 0.2) is 30.3 Å². The van der Waals surface area contributed by atoms with Crippen molar-refractivity contribution in [2.45, 2.75) is 52.4 Å². The third-order valence-electron chi connectivity index (χ3n) is 4.58. The van der Waals surface area contributed by atoms with Crippen LogP contribution >= 0.6 is 8.58 Å². The van der Waals surface area contributed by atoms with Crippen molar-refractivity contribution in [2.75, 3.05) is 19.8 Å². The van der Waals surface area contributed by atoms with Crippen LogP contribution in [0.1, 0.15) is 61.5 Å². The summed E-state index contributed by atoms with van der Waals surface area (Å²) in [5.41, 5.74) is -6.02. The molecule has 36 heavy (non-hydrogen) atoms. The van der Waals surface area contributed by atoms with Gasteiger partial charge in [-0.05, 0) is 40.0 Å². The van der Waals surface area contributed by atoms with Crippen LogP contribution in [-0.4, -0.2) is 25.3 Å². The number of carbonyl (C=O) groups is 1. The molecule has 1 atom stereocenters. The summed E-state index contributed by atoms with van der Waals surface area (Å²) in [4.78, 5) is 13.1. The molecular formula is C24H27F6LiO4P+. The van der Waals surface area contributed by atoms with Crippen LogP contribution < -0.4 is 38.4 Å². The van der Waals surface area contributed by atoms with Gasteiger partial charge < -0.3 is 14.2 Å². The average Bonchev–Trinajstić information content (AvgIpc) is 2.79. The first-order chi connectivity index (χ1) is 16.4. The minimum atomic E-state index is -5.16. The second kappa shape index (κ2) is 14.2. The molecule has 0 saturated heterocycles. The fourth-order valence-corrected chi connectivity index (χ4v) is 4.25. The number of rotatable bonds is 12. The van der Waals surface area contributed by atoms with E-state index in [1.54, 1.807) is 0 Å². The molecule has 0 amide bonds. The van der Waals surface area contributed by atoms with Crippen LogP contribution in [-0.2, 0) is 12.4 Å². The van der Waals surface area contributed by atoms with E-state index in [4.69, 9.17) is 14.2 Å². The Hall–Kier alpha value is -1.88. The van der Waals surface area contributed by atoms with E-state index in [1.165, 1.54) is 12.1 Å². The summed E-state index contributed by atoms with van der Waals surface area (Å²) in [7, 11) is -1.12. The fraction of sp³-hybridized carbons (Fsp3) is 0.458. The Morgan fingerprint density at radius 3 is 1.58 bits per heavy atom. The molecule has 0 aliphatic heterocycles. The average molecular weight is 531 g/mol. The number of hydrogen-bond donors (Lipinski definition) is 0. The van der Waals surface area contributed by atoms with Crippen LogP contribution in [0, 0.1) is 0 Å². The van der Waals surface area contributed by atoms with Crippen LogP contribution in [0.25, 0.3) is 0 Å². The van der Waals surface area contributed by atoms with Gasteiger partial charge in [0.15, 0.2) is 5.52 Å². The second-order valence-electron chi connectivity index (χ2n) is 7.52. The van der Waals surface area contributed by atoms with Gasteiger partial charge in [0.25, 0.3) is 0 Å². The second-order valence-corrected chi connectivity index (χ2v) is 8.72. The number of alkyl halides is 6. The smallest absolute Gasteiger partial charge is 0.493 e. The van der Waals surface area contributed by atoms with Gasteiger partial charge >= 0.3 is 31.2 Å². The van der Waals surface area contributed by atoms with Gasteiger partial charge in [-0.3, -0.25) is 4.79 Å². The quantitative estimate of drug-likeness (QED) is 0.234. The van der Waals surface area contributed by atoms with E-state index in [2.05, 4.69) is 0 Å². The summed E-state index contributed by atoms with van der Waals surface area (Å²) < 4.78 is 98.6. The topological polar surface area (TPSA) is 44.8 Å². The van der Waals surface area contributed by atoms with Gasteiger partial charge in [-0.1, -0.05) is 26.8 Å². The number of ether oxygens (including phenoxy) is 3. The van der Waals surface area contributed by atoms with Crippen molar-refractivity contribution in [1.82, 2.24) is 0 Å². The molecule has 0 N–H and O–H groups in total. The zero-order valence-electron chi connectivity index (χ0n) is 20.5. The van der Waals surface area contributed by atoms with Gasteiger partial charge in [-0.2, -0.15) is 26.3 Å². The van der Waals surface area contributed by atoms with E-state index in [-0.39, 0.29) is 48.9 Å². The Labute approximate surface area is 220 Å². The molecule has 194 valence electrons. The molecule has 0 spiro atoms. The normalized spacial score (nSPS) is 11.9. The van der Waals surface area contributed by atoms with Gasteiger partial charge in [-0.15, -0.1) is 0 Å². The Morgan fingerprint density at radius 1 is 0.778 bits per heavy atom. The van der Waals surface area contributed by atoms with Crippen molar-refractivity contribution < 1.29 is 64.2 Å². The van der Waals surface area contributed by atoms with Crippen molar-refractivity contribution in [2.24, 2.45) is 0 Å². The van der Waals surface area contributed by atoms with Gasteiger partial charge in [-0.25, -0.2) is 0 Å². The molecule has 2 rings (SSSR count). The first kappa shape index (κ1) is 32.1. The standard InChI is InChI=1S/C24H27F6O4P.Li/c1-4-10-32-15-13-18(33-11-5-2)21(19(14-15)34-12-6-3)35-22(31)20-16(23(25,26)27)8-7-9-17(20)24(28,29)30;/h7-9,13-14,35H,4-6,10-12H2,1-3H3;/q;+1. The third-order valence-corrected chi connectivity index (χ3v) is 5.80. The van der Waals surface area contributed by atoms with E-state index in [0.29, 0.717) is 49.8 Å². The van der Waals surface area contributed by atoms with Crippen LogP contribution in [0.4, 0.5) is 26.3 Å². The summed E-state index contributed by atoms with van der Waals surface area (Å²) in [5, 5.41) is 0.0888. The molecule has 0 aliphatic carbocycles. The first-order valence-corrected chi connectivity index (χ1v) is 12.1. The number of benzene rings is 2. The van der Waals surface area contributed by atoms with Crippen LogP contribution in [0.3, 0.4) is 0 Å². The zero-order valence-corrected chi connectivity index (χ0v) is 21.5. The molecule has 12 heteroatoms. The molecule has 0 saturated carbocycles. The minimum absolute atomic E-state index is 0. The van der Waals surface area contributed by atoms with E-state index in [1.807, 2.05) is 20.8 Å². The number of halogens is 6. The molecule has 0 aromatic heterocycles. The Balaban J connectivity index is 0.00000648. The molecule has 0 aliphatic rings. The van der Waals surface area contributed by atoms with Gasteiger partial charge in [0.05, 0.1) is 36.3 Å². The molecule has 0 radical (unpaired) electrons. The summed E-state index contributed by atoms with van der Waals surface area (Å²) >= 11 is 0. The van der Waals surface area contributed by atoms with Gasteiger partial charge in [0, 0.05) is 17.7 Å². The Bertz CT molecular complexity index is 950. The van der Waals surface area contributed by atoms with Crippen molar-refractivity contribution in [3.05, 3.63) is 47.0 Å². The molecule has 0 bridgehead atoms. The first-order valence-electron chi connectivity index (χ1n) is 11.1. The molecule has 1 unspecified atom stereocenters. The van der Waals surface area contributed by atoms with Crippen molar-refractivity contribution in [3.8, 4) is 17.2 Å². The van der Waals surface area contributed by atoms with E-state index in [0.717, 1.165) is 0 Å². The largest absolute Gasteiger partial charge is 1.00 e. The maximum absolute atomic E-state index is 13.6.